The number of hydrogen-bond donors (Lipinski definition) is 2. The van der Waals surface area contributed by atoms with Gasteiger partial charge in [0.05, 0.1) is 13.2 Å². The zero-order chi connectivity index (χ0) is 17.9. The Morgan fingerprint density at radius 1 is 1.24 bits per heavy atom. The van der Waals surface area contributed by atoms with Crippen LogP contribution >= 0.6 is 0 Å². The molecule has 1 atom stereocenters. The highest BCUT2D eigenvalue weighted by atomic mass is 16.5. The van der Waals surface area contributed by atoms with Crippen molar-refractivity contribution in [1.29, 1.82) is 0 Å². The minimum Gasteiger partial charge on any atom is -0.379 e. The summed E-state index contributed by atoms with van der Waals surface area (Å²) in [5, 5.41) is 6.72. The van der Waals surface area contributed by atoms with Crippen molar-refractivity contribution in [2.75, 3.05) is 59.0 Å². The van der Waals surface area contributed by atoms with Gasteiger partial charge in [0.15, 0.2) is 5.96 Å². The van der Waals surface area contributed by atoms with Gasteiger partial charge in [-0.15, -0.1) is 0 Å². The van der Waals surface area contributed by atoms with Crippen molar-refractivity contribution in [2.24, 2.45) is 4.99 Å². The van der Waals surface area contributed by atoms with Gasteiger partial charge in [-0.3, -0.25) is 14.7 Å². The van der Waals surface area contributed by atoms with Crippen molar-refractivity contribution in [1.82, 2.24) is 20.4 Å². The van der Waals surface area contributed by atoms with E-state index in [1.807, 2.05) is 4.90 Å². The van der Waals surface area contributed by atoms with E-state index in [1.165, 1.54) is 0 Å². The lowest BCUT2D eigenvalue weighted by atomic mass is 10.1. The molecule has 0 aliphatic carbocycles. The lowest BCUT2D eigenvalue weighted by Gasteiger charge is -2.27. The largest absolute Gasteiger partial charge is 0.379 e. The number of ether oxygens (including phenoxy) is 1. The fourth-order valence-corrected chi connectivity index (χ4v) is 3.46. The summed E-state index contributed by atoms with van der Waals surface area (Å²) in [7, 11) is 0. The van der Waals surface area contributed by atoms with Crippen LogP contribution in [0, 0.1) is 0 Å². The standard InChI is InChI=1S/C18H35N5O2/c1-3-16(23-10-5-6-17(23)24)7-8-20-18(19-4-2)21-9-11-22-12-14-25-15-13-22/h16H,3-15H2,1-2H3,(H2,19,20,21). The number of likely N-dealkylation sites (tertiary alicyclic amines) is 1. The van der Waals surface area contributed by atoms with Crippen LogP contribution in [0.25, 0.3) is 0 Å². The van der Waals surface area contributed by atoms with Gasteiger partial charge in [0.25, 0.3) is 0 Å². The maximum Gasteiger partial charge on any atom is 0.222 e. The number of nitrogens with one attached hydrogen (secondary N) is 2. The molecule has 25 heavy (non-hydrogen) atoms. The molecule has 1 amide bonds. The first-order valence-corrected chi connectivity index (χ1v) is 9.86. The summed E-state index contributed by atoms with van der Waals surface area (Å²) < 4.78 is 5.38. The molecule has 1 unspecified atom stereocenters. The molecule has 0 spiro atoms. The normalized spacial score (nSPS) is 20.8. The third kappa shape index (κ3) is 6.82. The summed E-state index contributed by atoms with van der Waals surface area (Å²) in [5.41, 5.74) is 0. The number of carbonyl (C=O) groups is 1. The van der Waals surface area contributed by atoms with E-state index in [1.54, 1.807) is 0 Å². The first-order chi connectivity index (χ1) is 12.2. The summed E-state index contributed by atoms with van der Waals surface area (Å²) in [5.74, 6) is 1.18. The Balaban J connectivity index is 1.72. The lowest BCUT2D eigenvalue weighted by Crippen LogP contribution is -2.44. The molecule has 7 nitrogen and oxygen atoms in total. The lowest BCUT2D eigenvalue weighted by molar-refractivity contribution is -0.129. The van der Waals surface area contributed by atoms with E-state index in [4.69, 9.17) is 9.73 Å². The van der Waals surface area contributed by atoms with Crippen LogP contribution in [-0.2, 0) is 9.53 Å². The van der Waals surface area contributed by atoms with Gasteiger partial charge in [0.1, 0.15) is 0 Å². The molecule has 2 heterocycles. The first-order valence-electron chi connectivity index (χ1n) is 9.86. The van der Waals surface area contributed by atoms with Gasteiger partial charge in [-0.2, -0.15) is 0 Å². The number of guanidine groups is 1. The van der Waals surface area contributed by atoms with Crippen LogP contribution in [-0.4, -0.2) is 86.7 Å². The quantitative estimate of drug-likeness (QED) is 0.471. The Bertz CT molecular complexity index is 424. The van der Waals surface area contributed by atoms with E-state index in [0.717, 1.165) is 84.2 Å². The van der Waals surface area contributed by atoms with E-state index in [-0.39, 0.29) is 0 Å². The molecular formula is C18H35N5O2. The molecule has 2 aliphatic heterocycles. The third-order valence-corrected chi connectivity index (χ3v) is 4.92. The zero-order valence-electron chi connectivity index (χ0n) is 15.9. The van der Waals surface area contributed by atoms with Gasteiger partial charge in [-0.1, -0.05) is 6.92 Å². The smallest absolute Gasteiger partial charge is 0.222 e. The Morgan fingerprint density at radius 3 is 2.68 bits per heavy atom. The molecule has 0 saturated carbocycles. The monoisotopic (exact) mass is 353 g/mol. The fraction of sp³-hybridized carbons (Fsp3) is 0.889. The maximum atomic E-state index is 11.9. The van der Waals surface area contributed by atoms with E-state index in [2.05, 4.69) is 29.4 Å². The number of nitrogens with zero attached hydrogens (tertiary/aromatic N) is 3. The zero-order valence-corrected chi connectivity index (χ0v) is 15.9. The fourth-order valence-electron chi connectivity index (χ4n) is 3.46. The third-order valence-electron chi connectivity index (χ3n) is 4.92. The number of morpholine rings is 1. The molecule has 2 rings (SSSR count). The van der Waals surface area contributed by atoms with Crippen molar-refractivity contribution in [2.45, 2.75) is 45.6 Å². The minimum atomic E-state index is 0.311. The number of aliphatic imine (C=N–C) groups is 1. The van der Waals surface area contributed by atoms with Crippen molar-refractivity contribution in [3.05, 3.63) is 0 Å². The van der Waals surface area contributed by atoms with Crippen molar-refractivity contribution >= 4 is 11.9 Å². The average Bonchev–Trinajstić information content (AvgIpc) is 3.05. The van der Waals surface area contributed by atoms with Gasteiger partial charge in [-0.05, 0) is 26.2 Å². The summed E-state index contributed by atoms with van der Waals surface area (Å²) in [6, 6.07) is 0.329. The molecule has 0 aromatic rings. The summed E-state index contributed by atoms with van der Waals surface area (Å²) in [4.78, 5) is 21.1. The van der Waals surface area contributed by atoms with Crippen LogP contribution in [0.2, 0.25) is 0 Å². The van der Waals surface area contributed by atoms with E-state index < -0.39 is 0 Å². The minimum absolute atomic E-state index is 0.311. The van der Waals surface area contributed by atoms with Gasteiger partial charge in [-0.25, -0.2) is 0 Å². The van der Waals surface area contributed by atoms with Crippen LogP contribution < -0.4 is 10.6 Å². The predicted octanol–water partition coefficient (Wildman–Crippen LogP) is 0.665. The Labute approximate surface area is 152 Å². The van der Waals surface area contributed by atoms with Crippen LogP contribution in [0.15, 0.2) is 4.99 Å². The van der Waals surface area contributed by atoms with Gasteiger partial charge in [0, 0.05) is 58.3 Å². The Kier molecular flexibility index (Phi) is 9.04. The average molecular weight is 354 g/mol. The van der Waals surface area contributed by atoms with Gasteiger partial charge in [0.2, 0.25) is 5.91 Å². The van der Waals surface area contributed by atoms with Crippen molar-refractivity contribution in [3.63, 3.8) is 0 Å². The van der Waals surface area contributed by atoms with Crippen molar-refractivity contribution in [3.8, 4) is 0 Å². The van der Waals surface area contributed by atoms with Crippen LogP contribution in [0.1, 0.15) is 39.5 Å². The van der Waals surface area contributed by atoms with E-state index in [0.29, 0.717) is 18.4 Å². The SMILES string of the molecule is CCNC(=NCCC(CC)N1CCCC1=O)NCCN1CCOCC1. The Morgan fingerprint density at radius 2 is 2.04 bits per heavy atom. The molecule has 0 bridgehead atoms. The highest BCUT2D eigenvalue weighted by Gasteiger charge is 2.26. The van der Waals surface area contributed by atoms with Crippen LogP contribution in [0.5, 0.6) is 0 Å². The highest BCUT2D eigenvalue weighted by molar-refractivity contribution is 5.80. The summed E-state index contributed by atoms with van der Waals surface area (Å²) >= 11 is 0. The topological polar surface area (TPSA) is 69.2 Å². The number of carbonyl (C=O) groups excluding carboxylic acids is 1. The maximum absolute atomic E-state index is 11.9. The molecule has 2 saturated heterocycles. The number of hydrogen-bond acceptors (Lipinski definition) is 4. The second-order valence-electron chi connectivity index (χ2n) is 6.68. The van der Waals surface area contributed by atoms with E-state index in [9.17, 15) is 4.79 Å². The van der Waals surface area contributed by atoms with Gasteiger partial charge >= 0.3 is 0 Å². The molecule has 2 N–H and O–H groups in total. The van der Waals surface area contributed by atoms with Crippen LogP contribution in [0.4, 0.5) is 0 Å². The molecule has 0 aromatic heterocycles. The number of rotatable bonds is 9. The molecule has 144 valence electrons. The summed E-state index contributed by atoms with van der Waals surface area (Å²) in [6.45, 7) is 12.3. The second kappa shape index (κ2) is 11.3. The van der Waals surface area contributed by atoms with Gasteiger partial charge < -0.3 is 20.3 Å². The Hall–Kier alpha value is -1.34. The second-order valence-corrected chi connectivity index (χ2v) is 6.68. The molecule has 7 heteroatoms. The van der Waals surface area contributed by atoms with Crippen LogP contribution in [0.3, 0.4) is 0 Å². The summed E-state index contributed by atoms with van der Waals surface area (Å²) in [6.07, 6.45) is 3.65. The number of amides is 1. The van der Waals surface area contributed by atoms with Crippen molar-refractivity contribution < 1.29 is 9.53 Å². The highest BCUT2D eigenvalue weighted by Crippen LogP contribution is 2.17. The molecule has 2 fully saturated rings. The molecule has 2 aliphatic rings. The van der Waals surface area contributed by atoms with E-state index >= 15 is 0 Å². The predicted molar refractivity (Wildman–Crippen MR) is 101 cm³/mol. The molecule has 0 radical (unpaired) electrons. The molecular weight excluding hydrogens is 318 g/mol. The molecule has 0 aromatic carbocycles. The first kappa shape index (κ1) is 20.0.